The van der Waals surface area contributed by atoms with E-state index in [1.165, 1.54) is 6.07 Å². The normalized spacial score (nSPS) is 11.0. The fourth-order valence-electron chi connectivity index (χ4n) is 3.00. The van der Waals surface area contributed by atoms with Crippen molar-refractivity contribution < 1.29 is 23.0 Å². The summed E-state index contributed by atoms with van der Waals surface area (Å²) >= 11 is 0. The van der Waals surface area contributed by atoms with Crippen LogP contribution in [0.15, 0.2) is 52.2 Å². The fourth-order valence-corrected chi connectivity index (χ4v) is 3.00. The number of hydrazone groups is 1. The number of carbonyl (C=O) groups is 2. The molecule has 0 saturated heterocycles. The molecule has 35 heavy (non-hydrogen) atoms. The van der Waals surface area contributed by atoms with Crippen LogP contribution in [0.4, 0.5) is 20.3 Å². The van der Waals surface area contributed by atoms with Crippen molar-refractivity contribution in [1.82, 2.24) is 30.7 Å². The van der Waals surface area contributed by atoms with Gasteiger partial charge in [0, 0.05) is 11.3 Å². The zero-order valence-electron chi connectivity index (χ0n) is 17.6. The number of para-hydroxylation sites is 1. The van der Waals surface area contributed by atoms with Crippen molar-refractivity contribution >= 4 is 29.5 Å². The van der Waals surface area contributed by atoms with Gasteiger partial charge in [0.15, 0.2) is 5.69 Å². The van der Waals surface area contributed by atoms with Crippen LogP contribution in [0.3, 0.4) is 0 Å². The molecule has 6 N–H and O–H groups in total. The molecule has 178 valence electrons. The SMILES string of the molecule is NC(=O)c1ccccc1NCc1c(C(=O)N/N=C\c2cc(F)ccc2F)nnn1-c1nonc1N. The van der Waals surface area contributed by atoms with Crippen LogP contribution in [-0.2, 0) is 6.54 Å². The highest BCUT2D eigenvalue weighted by Gasteiger charge is 2.24. The Morgan fingerprint density at radius 2 is 1.97 bits per heavy atom. The van der Waals surface area contributed by atoms with Gasteiger partial charge in [0.1, 0.15) is 11.6 Å². The van der Waals surface area contributed by atoms with Gasteiger partial charge in [0.05, 0.1) is 24.0 Å². The summed E-state index contributed by atoms with van der Waals surface area (Å²) in [6.07, 6.45) is 0.932. The van der Waals surface area contributed by atoms with Gasteiger partial charge < -0.3 is 16.8 Å². The van der Waals surface area contributed by atoms with E-state index in [1.807, 2.05) is 0 Å². The Labute approximate surface area is 194 Å². The maximum absolute atomic E-state index is 13.8. The number of hydrogen-bond donors (Lipinski definition) is 4. The third-order valence-electron chi connectivity index (χ3n) is 4.64. The van der Waals surface area contributed by atoms with Gasteiger partial charge >= 0.3 is 0 Å². The molecule has 2 heterocycles. The molecule has 0 spiro atoms. The van der Waals surface area contributed by atoms with Crippen molar-refractivity contribution in [3.8, 4) is 5.82 Å². The standard InChI is InChI=1S/C20H16F2N10O3/c21-11-5-6-13(22)10(7-11)8-26-28-20(34)16-15(32(31-27-16)19-17(23)29-35-30-19)9-25-14-4-2-1-3-12(14)18(24)33/h1-8,25H,9H2,(H2,23,29)(H2,24,33)(H,28,34)/b26-8-. The van der Waals surface area contributed by atoms with Crippen LogP contribution < -0.4 is 22.2 Å². The molecule has 4 rings (SSSR count). The summed E-state index contributed by atoms with van der Waals surface area (Å²) in [5, 5.41) is 21.5. The Morgan fingerprint density at radius 1 is 1.17 bits per heavy atom. The van der Waals surface area contributed by atoms with E-state index in [9.17, 15) is 18.4 Å². The zero-order valence-corrected chi connectivity index (χ0v) is 17.6. The number of nitrogens with one attached hydrogen (secondary N) is 2. The summed E-state index contributed by atoms with van der Waals surface area (Å²) in [5.74, 6) is -3.07. The second-order valence-electron chi connectivity index (χ2n) is 6.90. The molecule has 0 fully saturated rings. The maximum Gasteiger partial charge on any atom is 0.293 e. The highest BCUT2D eigenvalue weighted by atomic mass is 19.1. The molecular weight excluding hydrogens is 466 g/mol. The van der Waals surface area contributed by atoms with E-state index in [2.05, 4.69) is 41.1 Å². The van der Waals surface area contributed by atoms with Crippen LogP contribution in [0.5, 0.6) is 0 Å². The molecule has 0 radical (unpaired) electrons. The van der Waals surface area contributed by atoms with Crippen LogP contribution in [0.2, 0.25) is 0 Å². The third kappa shape index (κ3) is 4.92. The van der Waals surface area contributed by atoms with Crippen LogP contribution in [-0.4, -0.2) is 43.3 Å². The van der Waals surface area contributed by atoms with Crippen molar-refractivity contribution in [2.24, 2.45) is 10.8 Å². The van der Waals surface area contributed by atoms with Gasteiger partial charge in [0.2, 0.25) is 11.6 Å². The van der Waals surface area contributed by atoms with Crippen molar-refractivity contribution in [3.05, 3.63) is 76.6 Å². The number of anilines is 2. The molecule has 0 atom stereocenters. The van der Waals surface area contributed by atoms with Crippen LogP contribution in [0.25, 0.3) is 5.82 Å². The third-order valence-corrected chi connectivity index (χ3v) is 4.64. The van der Waals surface area contributed by atoms with E-state index in [0.717, 1.165) is 29.1 Å². The number of rotatable bonds is 8. The van der Waals surface area contributed by atoms with Crippen LogP contribution >= 0.6 is 0 Å². The maximum atomic E-state index is 13.8. The lowest BCUT2D eigenvalue weighted by Gasteiger charge is -2.11. The van der Waals surface area contributed by atoms with E-state index in [0.29, 0.717) is 5.69 Å². The monoisotopic (exact) mass is 482 g/mol. The first-order chi connectivity index (χ1) is 16.8. The number of benzene rings is 2. The molecule has 2 amide bonds. The largest absolute Gasteiger partial charge is 0.379 e. The number of nitrogens with zero attached hydrogens (tertiary/aromatic N) is 6. The molecule has 0 aliphatic rings. The lowest BCUT2D eigenvalue weighted by atomic mass is 10.1. The second-order valence-corrected chi connectivity index (χ2v) is 6.90. The molecule has 0 bridgehead atoms. The molecular formula is C20H16F2N10O3. The van der Waals surface area contributed by atoms with Crippen molar-refractivity contribution in [1.29, 1.82) is 0 Å². The van der Waals surface area contributed by atoms with Crippen LogP contribution in [0.1, 0.15) is 32.1 Å². The average Bonchev–Trinajstić information content (AvgIpc) is 3.45. The Morgan fingerprint density at radius 3 is 2.71 bits per heavy atom. The highest BCUT2D eigenvalue weighted by molar-refractivity contribution is 5.98. The Bertz CT molecular complexity index is 1430. The minimum Gasteiger partial charge on any atom is -0.379 e. The number of halogens is 2. The lowest BCUT2D eigenvalue weighted by Crippen LogP contribution is -2.22. The predicted octanol–water partition coefficient (Wildman–Crippen LogP) is 0.986. The van der Waals surface area contributed by atoms with Crippen LogP contribution in [0, 0.1) is 11.6 Å². The second kappa shape index (κ2) is 9.74. The average molecular weight is 482 g/mol. The first kappa shape index (κ1) is 23.0. The number of aromatic nitrogens is 5. The number of nitrogens with two attached hydrogens (primary N) is 2. The summed E-state index contributed by atoms with van der Waals surface area (Å²) in [5.41, 5.74) is 13.6. The fraction of sp³-hybridized carbons (Fsp3) is 0.0500. The van der Waals surface area contributed by atoms with E-state index in [1.54, 1.807) is 18.2 Å². The summed E-state index contributed by atoms with van der Waals surface area (Å²) < 4.78 is 32.8. The minimum atomic E-state index is -0.834. The number of nitrogen functional groups attached to an aromatic ring is 1. The summed E-state index contributed by atoms with van der Waals surface area (Å²) in [6, 6.07) is 9.23. The van der Waals surface area contributed by atoms with Gasteiger partial charge in [-0.2, -0.15) is 9.78 Å². The van der Waals surface area contributed by atoms with E-state index in [-0.39, 0.29) is 40.7 Å². The van der Waals surface area contributed by atoms with Gasteiger partial charge in [0.25, 0.3) is 11.8 Å². The van der Waals surface area contributed by atoms with Crippen molar-refractivity contribution in [3.63, 3.8) is 0 Å². The Kier molecular flexibility index (Phi) is 6.39. The molecule has 2 aromatic carbocycles. The number of primary amides is 1. The Balaban J connectivity index is 1.62. The van der Waals surface area contributed by atoms with E-state index >= 15 is 0 Å². The first-order valence-electron chi connectivity index (χ1n) is 9.79. The summed E-state index contributed by atoms with van der Waals surface area (Å²) in [4.78, 5) is 24.5. The molecule has 0 aliphatic carbocycles. The molecule has 15 heteroatoms. The van der Waals surface area contributed by atoms with Crippen molar-refractivity contribution in [2.45, 2.75) is 6.54 Å². The number of carbonyl (C=O) groups excluding carboxylic acids is 2. The topological polar surface area (TPSA) is 192 Å². The van der Waals surface area contributed by atoms with Gasteiger partial charge in [-0.15, -0.1) is 5.10 Å². The zero-order chi connectivity index (χ0) is 24.9. The van der Waals surface area contributed by atoms with E-state index < -0.39 is 23.4 Å². The molecule has 0 aliphatic heterocycles. The lowest BCUT2D eigenvalue weighted by molar-refractivity contribution is 0.0947. The quantitative estimate of drug-likeness (QED) is 0.209. The van der Waals surface area contributed by atoms with Gasteiger partial charge in [-0.1, -0.05) is 17.3 Å². The molecule has 13 nitrogen and oxygen atoms in total. The minimum absolute atomic E-state index is 0.0399. The smallest absolute Gasteiger partial charge is 0.293 e. The van der Waals surface area contributed by atoms with Gasteiger partial charge in [-0.3, -0.25) is 9.59 Å². The first-order valence-corrected chi connectivity index (χ1v) is 9.79. The van der Waals surface area contributed by atoms with Crippen molar-refractivity contribution in [2.75, 3.05) is 11.1 Å². The number of hydrogen-bond acceptors (Lipinski definition) is 10. The molecule has 0 saturated carbocycles. The summed E-state index contributed by atoms with van der Waals surface area (Å²) in [7, 11) is 0. The van der Waals surface area contributed by atoms with Gasteiger partial charge in [-0.25, -0.2) is 18.8 Å². The van der Waals surface area contributed by atoms with E-state index in [4.69, 9.17) is 11.5 Å². The molecule has 2 aromatic heterocycles. The molecule has 0 unspecified atom stereocenters. The number of amides is 2. The Hall–Kier alpha value is -5.21. The predicted molar refractivity (Wildman–Crippen MR) is 117 cm³/mol. The summed E-state index contributed by atoms with van der Waals surface area (Å²) in [6.45, 7) is -0.103. The molecule has 4 aromatic rings. The highest BCUT2D eigenvalue weighted by Crippen LogP contribution is 2.19. The van der Waals surface area contributed by atoms with Gasteiger partial charge in [-0.05, 0) is 40.6 Å².